The molecule has 1 aliphatic heterocycles. The Morgan fingerprint density at radius 2 is 1.95 bits per heavy atom. The van der Waals surface area contributed by atoms with Crippen LogP contribution in [0, 0.1) is 16.7 Å². The molecule has 1 fully saturated rings. The van der Waals surface area contributed by atoms with E-state index in [1.54, 1.807) is 0 Å². The van der Waals surface area contributed by atoms with Crippen molar-refractivity contribution >= 4 is 0 Å². The first-order chi connectivity index (χ1) is 9.39. The zero-order valence-electron chi connectivity index (χ0n) is 13.7. The molecule has 0 radical (unpaired) electrons. The van der Waals surface area contributed by atoms with E-state index in [1.165, 1.54) is 23.6 Å². The van der Waals surface area contributed by atoms with E-state index in [-0.39, 0.29) is 0 Å². The van der Waals surface area contributed by atoms with Gasteiger partial charge in [-0.1, -0.05) is 34.6 Å². The van der Waals surface area contributed by atoms with Crippen LogP contribution < -0.4 is 5.32 Å². The number of nitrogens with zero attached hydrogens (tertiary/aromatic N) is 2. The first kappa shape index (κ1) is 14.1. The third kappa shape index (κ3) is 1.93. The fourth-order valence-electron chi connectivity index (χ4n) is 4.03. The van der Waals surface area contributed by atoms with Crippen LogP contribution in [0.2, 0.25) is 0 Å². The van der Waals surface area contributed by atoms with Crippen molar-refractivity contribution in [3.05, 3.63) is 17.2 Å². The largest absolute Gasteiger partial charge is 0.331 e. The maximum Gasteiger partial charge on any atom is 0.109 e. The fourth-order valence-corrected chi connectivity index (χ4v) is 4.03. The molecule has 1 aromatic rings. The first-order valence-corrected chi connectivity index (χ1v) is 8.17. The van der Waals surface area contributed by atoms with Gasteiger partial charge in [-0.05, 0) is 23.2 Å². The Morgan fingerprint density at radius 1 is 1.25 bits per heavy atom. The second-order valence-electron chi connectivity index (χ2n) is 7.70. The predicted octanol–water partition coefficient (Wildman–Crippen LogP) is 3.16. The summed E-state index contributed by atoms with van der Waals surface area (Å²) in [5.74, 6) is 2.10. The van der Waals surface area contributed by atoms with Crippen molar-refractivity contribution in [2.75, 3.05) is 6.54 Å². The molecule has 0 aromatic carbocycles. The molecule has 3 rings (SSSR count). The normalized spacial score (nSPS) is 23.6. The van der Waals surface area contributed by atoms with E-state index in [0.29, 0.717) is 10.8 Å². The van der Waals surface area contributed by atoms with Crippen molar-refractivity contribution < 1.29 is 0 Å². The van der Waals surface area contributed by atoms with Crippen LogP contribution in [-0.2, 0) is 25.9 Å². The Morgan fingerprint density at radius 3 is 2.55 bits per heavy atom. The van der Waals surface area contributed by atoms with Crippen molar-refractivity contribution in [3.63, 3.8) is 0 Å². The highest BCUT2D eigenvalue weighted by Gasteiger charge is 2.64. The van der Waals surface area contributed by atoms with E-state index < -0.39 is 0 Å². The third-order valence-electron chi connectivity index (χ3n) is 6.22. The Labute approximate surface area is 123 Å². The molecule has 0 spiro atoms. The maximum absolute atomic E-state index is 4.92. The third-order valence-corrected chi connectivity index (χ3v) is 6.22. The summed E-state index contributed by atoms with van der Waals surface area (Å²) in [6.45, 7) is 15.1. The zero-order chi connectivity index (χ0) is 14.5. The summed E-state index contributed by atoms with van der Waals surface area (Å²) in [6.07, 6.45) is 3.43. The lowest BCUT2D eigenvalue weighted by atomic mass is 10.0. The van der Waals surface area contributed by atoms with Gasteiger partial charge in [0.25, 0.3) is 0 Å². The molecule has 1 aliphatic carbocycles. The molecule has 3 heteroatoms. The highest BCUT2D eigenvalue weighted by molar-refractivity contribution is 5.22. The summed E-state index contributed by atoms with van der Waals surface area (Å²) in [5, 5.41) is 3.45. The van der Waals surface area contributed by atoms with Crippen molar-refractivity contribution in [2.45, 2.75) is 67.0 Å². The van der Waals surface area contributed by atoms with Crippen LogP contribution in [0.15, 0.2) is 0 Å². The molecule has 2 aliphatic rings. The Balaban J connectivity index is 1.90. The Bertz CT molecular complexity index is 497. The lowest BCUT2D eigenvalue weighted by Crippen LogP contribution is -2.25. The summed E-state index contributed by atoms with van der Waals surface area (Å²) in [7, 11) is 0. The van der Waals surface area contributed by atoms with E-state index in [4.69, 9.17) is 4.98 Å². The molecule has 0 saturated heterocycles. The summed E-state index contributed by atoms with van der Waals surface area (Å²) < 4.78 is 2.57. The number of aromatic nitrogens is 2. The molecule has 1 N–H and O–H groups in total. The van der Waals surface area contributed by atoms with Gasteiger partial charge in [-0.3, -0.25) is 0 Å². The molecule has 1 aromatic heterocycles. The molecule has 0 unspecified atom stereocenters. The Kier molecular flexibility index (Phi) is 3.24. The van der Waals surface area contributed by atoms with Crippen LogP contribution in [0.5, 0.6) is 0 Å². The summed E-state index contributed by atoms with van der Waals surface area (Å²) >= 11 is 0. The molecule has 0 amide bonds. The smallest absolute Gasteiger partial charge is 0.109 e. The first-order valence-electron chi connectivity index (χ1n) is 8.17. The number of hydrogen-bond donors (Lipinski definition) is 1. The van der Waals surface area contributed by atoms with Gasteiger partial charge in [0.1, 0.15) is 5.82 Å². The van der Waals surface area contributed by atoms with Crippen LogP contribution >= 0.6 is 0 Å². The molecule has 112 valence electrons. The minimum absolute atomic E-state index is 0.459. The zero-order valence-corrected chi connectivity index (χ0v) is 13.7. The van der Waals surface area contributed by atoms with Gasteiger partial charge in [0, 0.05) is 38.2 Å². The van der Waals surface area contributed by atoms with Crippen LogP contribution in [0.1, 0.15) is 58.3 Å². The van der Waals surface area contributed by atoms with Crippen LogP contribution in [0.3, 0.4) is 0 Å². The molecule has 20 heavy (non-hydrogen) atoms. The van der Waals surface area contributed by atoms with Crippen molar-refractivity contribution in [1.82, 2.24) is 14.9 Å². The van der Waals surface area contributed by atoms with E-state index >= 15 is 0 Å². The second-order valence-corrected chi connectivity index (χ2v) is 7.70. The highest BCUT2D eigenvalue weighted by Crippen LogP contribution is 2.69. The summed E-state index contributed by atoms with van der Waals surface area (Å²) in [5.41, 5.74) is 3.72. The molecule has 1 saturated carbocycles. The van der Waals surface area contributed by atoms with Crippen LogP contribution in [0.4, 0.5) is 0 Å². The SMILES string of the molecule is CCCc1nc2c(n1CC1C(C)(C)C1(C)C)CCNC2. The van der Waals surface area contributed by atoms with Gasteiger partial charge in [0.05, 0.1) is 5.69 Å². The lowest BCUT2D eigenvalue weighted by Gasteiger charge is -2.17. The number of nitrogens with one attached hydrogen (secondary N) is 1. The number of aryl methyl sites for hydroxylation is 1. The second kappa shape index (κ2) is 4.59. The summed E-state index contributed by atoms with van der Waals surface area (Å²) in [4.78, 5) is 4.92. The number of fused-ring (bicyclic) bond motifs is 1. The Hall–Kier alpha value is -0.830. The number of hydrogen-bond acceptors (Lipinski definition) is 2. The van der Waals surface area contributed by atoms with Crippen LogP contribution in [0.25, 0.3) is 0 Å². The van der Waals surface area contributed by atoms with Crippen molar-refractivity contribution in [2.24, 2.45) is 16.7 Å². The van der Waals surface area contributed by atoms with Gasteiger partial charge in [-0.15, -0.1) is 0 Å². The maximum atomic E-state index is 4.92. The van der Waals surface area contributed by atoms with E-state index in [1.807, 2.05) is 0 Å². The average molecular weight is 275 g/mol. The molecule has 0 bridgehead atoms. The number of rotatable bonds is 4. The molecule has 3 nitrogen and oxygen atoms in total. The standard InChI is InChI=1S/C17H29N3/c1-6-7-15-19-12-10-18-9-8-13(12)20(15)11-14-16(2,3)17(14,4)5/h14,18H,6-11H2,1-5H3. The predicted molar refractivity (Wildman–Crippen MR) is 82.7 cm³/mol. The average Bonchev–Trinajstić information content (AvgIpc) is 2.70. The quantitative estimate of drug-likeness (QED) is 0.914. The fraction of sp³-hybridized carbons (Fsp3) is 0.824. The number of imidazole rings is 1. The van der Waals surface area contributed by atoms with Gasteiger partial charge in [0.15, 0.2) is 0 Å². The molecule has 0 atom stereocenters. The van der Waals surface area contributed by atoms with Crippen molar-refractivity contribution in [3.8, 4) is 0 Å². The van der Waals surface area contributed by atoms with E-state index in [9.17, 15) is 0 Å². The van der Waals surface area contributed by atoms with Crippen molar-refractivity contribution in [1.29, 1.82) is 0 Å². The van der Waals surface area contributed by atoms with E-state index in [2.05, 4.69) is 44.5 Å². The van der Waals surface area contributed by atoms with Gasteiger partial charge in [-0.2, -0.15) is 0 Å². The van der Waals surface area contributed by atoms with Gasteiger partial charge < -0.3 is 9.88 Å². The molecular weight excluding hydrogens is 246 g/mol. The lowest BCUT2D eigenvalue weighted by molar-refractivity contribution is 0.457. The minimum Gasteiger partial charge on any atom is -0.331 e. The van der Waals surface area contributed by atoms with E-state index in [0.717, 1.165) is 38.4 Å². The van der Waals surface area contributed by atoms with Gasteiger partial charge in [0.2, 0.25) is 0 Å². The van der Waals surface area contributed by atoms with Gasteiger partial charge >= 0.3 is 0 Å². The topological polar surface area (TPSA) is 29.9 Å². The van der Waals surface area contributed by atoms with Gasteiger partial charge in [-0.25, -0.2) is 4.98 Å². The minimum atomic E-state index is 0.459. The highest BCUT2D eigenvalue weighted by atomic mass is 15.1. The van der Waals surface area contributed by atoms with Crippen LogP contribution in [-0.4, -0.2) is 16.1 Å². The molecular formula is C17H29N3. The molecule has 2 heterocycles. The summed E-state index contributed by atoms with van der Waals surface area (Å²) in [6, 6.07) is 0. The monoisotopic (exact) mass is 275 g/mol.